The average molecular weight is 303 g/mol. The van der Waals surface area contributed by atoms with Crippen molar-refractivity contribution in [3.8, 4) is 11.3 Å². The van der Waals surface area contributed by atoms with Crippen molar-refractivity contribution in [1.82, 2.24) is 10.2 Å². The number of carbonyl (C=O) groups is 1. The summed E-state index contributed by atoms with van der Waals surface area (Å²) in [5, 5.41) is 10.3. The fourth-order valence-electron chi connectivity index (χ4n) is 2.39. The number of amides is 1. The van der Waals surface area contributed by atoms with E-state index >= 15 is 0 Å². The zero-order chi connectivity index (χ0) is 14.7. The van der Waals surface area contributed by atoms with Crippen LogP contribution in [-0.4, -0.2) is 28.5 Å². The number of nitrogens with one attached hydrogen (secondary N) is 2. The van der Waals surface area contributed by atoms with Gasteiger partial charge in [-0.15, -0.1) is 0 Å². The van der Waals surface area contributed by atoms with Crippen LogP contribution in [0.2, 0.25) is 0 Å². The van der Waals surface area contributed by atoms with Gasteiger partial charge >= 0.3 is 0 Å². The number of carbonyl (C=O) groups excluding carboxylic acids is 1. The summed E-state index contributed by atoms with van der Waals surface area (Å²) in [6.07, 6.45) is 1.29. The van der Waals surface area contributed by atoms with E-state index < -0.39 is 0 Å². The molecule has 0 aliphatic carbocycles. The summed E-state index contributed by atoms with van der Waals surface area (Å²) in [6, 6.07) is 7.69. The molecule has 2 N–H and O–H groups in total. The van der Waals surface area contributed by atoms with Crippen LogP contribution in [-0.2, 0) is 22.6 Å². The van der Waals surface area contributed by atoms with Crippen LogP contribution in [0.1, 0.15) is 17.7 Å². The zero-order valence-electron chi connectivity index (χ0n) is 11.6. The van der Waals surface area contributed by atoms with E-state index in [-0.39, 0.29) is 5.91 Å². The predicted molar refractivity (Wildman–Crippen MR) is 84.5 cm³/mol. The minimum absolute atomic E-state index is 0.0247. The molecule has 1 aromatic carbocycles. The Morgan fingerprint density at radius 3 is 2.95 bits per heavy atom. The van der Waals surface area contributed by atoms with Crippen molar-refractivity contribution in [2.24, 2.45) is 0 Å². The van der Waals surface area contributed by atoms with Gasteiger partial charge in [0, 0.05) is 35.3 Å². The predicted octanol–water partition coefficient (Wildman–Crippen LogP) is 2.41. The Labute approximate surface area is 128 Å². The minimum Gasteiger partial charge on any atom is -0.376 e. The van der Waals surface area contributed by atoms with Gasteiger partial charge in [0.15, 0.2) is 0 Å². The average Bonchev–Trinajstić information content (AvgIpc) is 2.92. The largest absolute Gasteiger partial charge is 0.376 e. The van der Waals surface area contributed by atoms with Crippen molar-refractivity contribution in [3.05, 3.63) is 35.5 Å². The quantitative estimate of drug-likeness (QED) is 0.760. The van der Waals surface area contributed by atoms with E-state index in [9.17, 15) is 4.79 Å². The summed E-state index contributed by atoms with van der Waals surface area (Å²) >= 11 is 4.04. The Bertz CT molecular complexity index is 637. The minimum atomic E-state index is -0.0247. The van der Waals surface area contributed by atoms with E-state index in [0.717, 1.165) is 41.2 Å². The maximum Gasteiger partial charge on any atom is 0.225 e. The van der Waals surface area contributed by atoms with Gasteiger partial charge in [-0.2, -0.15) is 17.7 Å². The summed E-state index contributed by atoms with van der Waals surface area (Å²) in [4.78, 5) is 11.5. The van der Waals surface area contributed by atoms with E-state index in [2.05, 4.69) is 28.1 Å². The van der Waals surface area contributed by atoms with Crippen molar-refractivity contribution in [1.29, 1.82) is 0 Å². The maximum atomic E-state index is 11.5. The van der Waals surface area contributed by atoms with Gasteiger partial charge in [0.05, 0.1) is 18.9 Å². The van der Waals surface area contributed by atoms with Crippen LogP contribution in [0.15, 0.2) is 24.3 Å². The van der Waals surface area contributed by atoms with Gasteiger partial charge in [-0.25, -0.2) is 0 Å². The van der Waals surface area contributed by atoms with Crippen LogP contribution in [0.5, 0.6) is 0 Å². The zero-order valence-corrected chi connectivity index (χ0v) is 12.5. The standard InChI is InChI=1S/C15H17N3O2S/c19-14(6-8-21)16-11-3-1-10(2-4-11)15-12-9-20-7-5-13(12)17-18-15/h1-4,21H,5-9H2,(H,16,19)(H,17,18). The lowest BCUT2D eigenvalue weighted by Crippen LogP contribution is -2.11. The highest BCUT2D eigenvalue weighted by Gasteiger charge is 2.18. The molecule has 0 radical (unpaired) electrons. The second-order valence-corrected chi connectivity index (χ2v) is 5.38. The van der Waals surface area contributed by atoms with Crippen molar-refractivity contribution in [2.75, 3.05) is 17.7 Å². The van der Waals surface area contributed by atoms with Gasteiger partial charge in [0.2, 0.25) is 5.91 Å². The maximum absolute atomic E-state index is 11.5. The van der Waals surface area contributed by atoms with Crippen molar-refractivity contribution in [3.63, 3.8) is 0 Å². The highest BCUT2D eigenvalue weighted by Crippen LogP contribution is 2.28. The molecule has 0 saturated heterocycles. The van der Waals surface area contributed by atoms with E-state index in [1.165, 1.54) is 0 Å². The molecule has 1 aliphatic heterocycles. The number of H-pyrrole nitrogens is 1. The fraction of sp³-hybridized carbons (Fsp3) is 0.333. The third-order valence-electron chi connectivity index (χ3n) is 3.48. The Morgan fingerprint density at radius 2 is 2.19 bits per heavy atom. The van der Waals surface area contributed by atoms with E-state index in [1.807, 2.05) is 24.3 Å². The third kappa shape index (κ3) is 3.11. The number of hydrogen-bond donors (Lipinski definition) is 3. The summed E-state index contributed by atoms with van der Waals surface area (Å²) in [7, 11) is 0. The normalized spacial score (nSPS) is 13.8. The van der Waals surface area contributed by atoms with Crippen molar-refractivity contribution < 1.29 is 9.53 Å². The third-order valence-corrected chi connectivity index (χ3v) is 3.70. The molecule has 0 atom stereocenters. The summed E-state index contributed by atoms with van der Waals surface area (Å²) in [5.41, 5.74) is 5.02. The molecule has 1 aliphatic rings. The first kappa shape index (κ1) is 14.2. The number of rotatable bonds is 4. The van der Waals surface area contributed by atoms with Gasteiger partial charge in [-0.05, 0) is 17.9 Å². The topological polar surface area (TPSA) is 67.0 Å². The Hall–Kier alpha value is -1.79. The summed E-state index contributed by atoms with van der Waals surface area (Å²) < 4.78 is 5.50. The second-order valence-electron chi connectivity index (χ2n) is 4.93. The van der Waals surface area contributed by atoms with Crippen LogP contribution in [0.4, 0.5) is 5.69 Å². The van der Waals surface area contributed by atoms with Crippen molar-refractivity contribution >= 4 is 24.2 Å². The first-order chi connectivity index (χ1) is 10.3. The monoisotopic (exact) mass is 303 g/mol. The van der Waals surface area contributed by atoms with Crippen LogP contribution >= 0.6 is 12.6 Å². The highest BCUT2D eigenvalue weighted by atomic mass is 32.1. The second kappa shape index (κ2) is 6.32. The molecule has 6 heteroatoms. The van der Waals surface area contributed by atoms with E-state index in [0.29, 0.717) is 18.8 Å². The van der Waals surface area contributed by atoms with Gasteiger partial charge in [-0.1, -0.05) is 12.1 Å². The lowest BCUT2D eigenvalue weighted by atomic mass is 10.0. The number of anilines is 1. The number of ether oxygens (including phenoxy) is 1. The van der Waals surface area contributed by atoms with Crippen LogP contribution in [0.3, 0.4) is 0 Å². The van der Waals surface area contributed by atoms with E-state index in [1.54, 1.807) is 0 Å². The van der Waals surface area contributed by atoms with E-state index in [4.69, 9.17) is 4.74 Å². The molecule has 21 heavy (non-hydrogen) atoms. The molecule has 110 valence electrons. The fourth-order valence-corrected chi connectivity index (χ4v) is 2.59. The van der Waals surface area contributed by atoms with Crippen molar-refractivity contribution in [2.45, 2.75) is 19.4 Å². The number of fused-ring (bicyclic) bond motifs is 1. The molecule has 1 amide bonds. The first-order valence-electron chi connectivity index (χ1n) is 6.93. The lowest BCUT2D eigenvalue weighted by molar-refractivity contribution is -0.115. The van der Waals surface area contributed by atoms with Gasteiger partial charge in [-0.3, -0.25) is 9.89 Å². The molecule has 0 unspecified atom stereocenters. The number of nitrogens with zero attached hydrogens (tertiary/aromatic N) is 1. The number of benzene rings is 1. The number of hydrogen-bond acceptors (Lipinski definition) is 4. The molecular weight excluding hydrogens is 286 g/mol. The number of aromatic amines is 1. The van der Waals surface area contributed by atoms with Crippen LogP contribution in [0, 0.1) is 0 Å². The molecule has 0 fully saturated rings. The Kier molecular flexibility index (Phi) is 4.26. The lowest BCUT2D eigenvalue weighted by Gasteiger charge is -2.12. The Balaban J connectivity index is 1.78. The van der Waals surface area contributed by atoms with Crippen LogP contribution in [0.25, 0.3) is 11.3 Å². The summed E-state index contributed by atoms with van der Waals surface area (Å²) in [5.74, 6) is 0.520. The molecule has 2 heterocycles. The SMILES string of the molecule is O=C(CCS)Nc1ccc(-c2n[nH]c3c2COCC3)cc1. The molecule has 1 aromatic heterocycles. The van der Waals surface area contributed by atoms with Gasteiger partial charge in [0.25, 0.3) is 0 Å². The molecule has 5 nitrogen and oxygen atoms in total. The Morgan fingerprint density at radius 1 is 1.38 bits per heavy atom. The highest BCUT2D eigenvalue weighted by molar-refractivity contribution is 7.80. The molecule has 0 spiro atoms. The number of thiol groups is 1. The summed E-state index contributed by atoms with van der Waals surface area (Å²) in [6.45, 7) is 1.34. The molecule has 2 aromatic rings. The molecule has 3 rings (SSSR count). The first-order valence-corrected chi connectivity index (χ1v) is 7.56. The van der Waals surface area contributed by atoms with Gasteiger partial charge in [0.1, 0.15) is 0 Å². The van der Waals surface area contributed by atoms with Crippen LogP contribution < -0.4 is 5.32 Å². The molecule has 0 bridgehead atoms. The molecule has 0 saturated carbocycles. The smallest absolute Gasteiger partial charge is 0.225 e. The molecular formula is C15H17N3O2S. The number of aromatic nitrogens is 2. The van der Waals surface area contributed by atoms with Gasteiger partial charge < -0.3 is 10.1 Å².